The first-order valence-electron chi connectivity index (χ1n) is 7.70. The summed E-state index contributed by atoms with van der Waals surface area (Å²) in [5, 5.41) is 3.44. The molecular formula is C17H23N3. The second-order valence-corrected chi connectivity index (χ2v) is 5.62. The zero-order chi connectivity index (χ0) is 13.9. The summed E-state index contributed by atoms with van der Waals surface area (Å²) in [5.41, 5.74) is 5.40. The van der Waals surface area contributed by atoms with Crippen LogP contribution in [0.25, 0.3) is 5.69 Å². The molecule has 106 valence electrons. The molecule has 0 saturated heterocycles. The van der Waals surface area contributed by atoms with Crippen LogP contribution in [0.3, 0.4) is 0 Å². The lowest BCUT2D eigenvalue weighted by Gasteiger charge is -2.20. The molecule has 1 heterocycles. The van der Waals surface area contributed by atoms with Gasteiger partial charge in [-0.05, 0) is 56.2 Å². The standard InChI is InChI=1S/C17H23N3/c1-3-11-18-17-19-13(2)12-20(17)16-10-6-8-14-7-4-5-9-15(14)16/h6,8,10,12H,3-5,7,9,11H2,1-2H3,(H,18,19). The number of imidazole rings is 1. The van der Waals surface area contributed by atoms with Crippen LogP contribution in [0.4, 0.5) is 5.95 Å². The molecule has 0 spiro atoms. The van der Waals surface area contributed by atoms with E-state index < -0.39 is 0 Å². The monoisotopic (exact) mass is 269 g/mol. The lowest BCUT2D eigenvalue weighted by molar-refractivity contribution is 0.681. The zero-order valence-electron chi connectivity index (χ0n) is 12.4. The van der Waals surface area contributed by atoms with E-state index in [9.17, 15) is 0 Å². The fourth-order valence-corrected chi connectivity index (χ4v) is 3.03. The maximum absolute atomic E-state index is 4.63. The highest BCUT2D eigenvalue weighted by Crippen LogP contribution is 2.29. The maximum atomic E-state index is 4.63. The number of hydrogen-bond donors (Lipinski definition) is 1. The highest BCUT2D eigenvalue weighted by molar-refractivity contribution is 5.52. The third-order valence-electron chi connectivity index (χ3n) is 3.99. The predicted molar refractivity (Wildman–Crippen MR) is 83.7 cm³/mol. The summed E-state index contributed by atoms with van der Waals surface area (Å²) in [6.45, 7) is 5.20. The maximum Gasteiger partial charge on any atom is 0.207 e. The average molecular weight is 269 g/mol. The van der Waals surface area contributed by atoms with E-state index in [0.717, 1.165) is 24.6 Å². The van der Waals surface area contributed by atoms with Crippen LogP contribution in [-0.2, 0) is 12.8 Å². The zero-order valence-corrected chi connectivity index (χ0v) is 12.4. The molecular weight excluding hydrogens is 246 g/mol. The van der Waals surface area contributed by atoms with Crippen LogP contribution in [0.2, 0.25) is 0 Å². The van der Waals surface area contributed by atoms with Crippen molar-refractivity contribution >= 4 is 5.95 Å². The smallest absolute Gasteiger partial charge is 0.207 e. The number of aromatic nitrogens is 2. The molecule has 0 fully saturated rings. The summed E-state index contributed by atoms with van der Waals surface area (Å²) >= 11 is 0. The summed E-state index contributed by atoms with van der Waals surface area (Å²) in [5.74, 6) is 0.975. The molecule has 0 radical (unpaired) electrons. The number of nitrogens with zero attached hydrogens (tertiary/aromatic N) is 2. The fraction of sp³-hybridized carbons (Fsp3) is 0.471. The number of aryl methyl sites for hydroxylation is 2. The minimum atomic E-state index is 0.964. The van der Waals surface area contributed by atoms with Gasteiger partial charge in [-0.1, -0.05) is 19.1 Å². The first-order chi connectivity index (χ1) is 9.79. The van der Waals surface area contributed by atoms with Gasteiger partial charge in [0.1, 0.15) is 0 Å². The van der Waals surface area contributed by atoms with Crippen LogP contribution in [0.5, 0.6) is 0 Å². The lowest BCUT2D eigenvalue weighted by Crippen LogP contribution is -2.11. The molecule has 1 aromatic carbocycles. The molecule has 0 unspecified atom stereocenters. The Labute approximate surface area is 121 Å². The van der Waals surface area contributed by atoms with Crippen molar-refractivity contribution in [2.45, 2.75) is 46.0 Å². The molecule has 0 saturated carbocycles. The second-order valence-electron chi connectivity index (χ2n) is 5.62. The van der Waals surface area contributed by atoms with Gasteiger partial charge in [0.15, 0.2) is 0 Å². The van der Waals surface area contributed by atoms with Gasteiger partial charge in [0.05, 0.1) is 11.4 Å². The summed E-state index contributed by atoms with van der Waals surface area (Å²) in [6.07, 6.45) is 8.28. The van der Waals surface area contributed by atoms with Crippen LogP contribution in [0.1, 0.15) is 43.0 Å². The van der Waals surface area contributed by atoms with Crippen molar-refractivity contribution in [1.82, 2.24) is 9.55 Å². The third-order valence-corrected chi connectivity index (χ3v) is 3.99. The number of nitrogens with one attached hydrogen (secondary N) is 1. The minimum absolute atomic E-state index is 0.964. The van der Waals surface area contributed by atoms with Crippen LogP contribution < -0.4 is 5.32 Å². The van der Waals surface area contributed by atoms with Crippen LogP contribution in [0.15, 0.2) is 24.4 Å². The van der Waals surface area contributed by atoms with E-state index in [1.54, 1.807) is 0 Å². The molecule has 0 aliphatic heterocycles. The number of rotatable bonds is 4. The van der Waals surface area contributed by atoms with Crippen LogP contribution >= 0.6 is 0 Å². The highest BCUT2D eigenvalue weighted by atomic mass is 15.2. The van der Waals surface area contributed by atoms with Crippen molar-refractivity contribution in [2.24, 2.45) is 0 Å². The lowest BCUT2D eigenvalue weighted by atomic mass is 9.90. The molecule has 20 heavy (non-hydrogen) atoms. The van der Waals surface area contributed by atoms with Gasteiger partial charge < -0.3 is 5.32 Å². The minimum Gasteiger partial charge on any atom is -0.355 e. The van der Waals surface area contributed by atoms with Gasteiger partial charge in [-0.25, -0.2) is 4.98 Å². The molecule has 3 heteroatoms. The fourth-order valence-electron chi connectivity index (χ4n) is 3.03. The summed E-state index contributed by atoms with van der Waals surface area (Å²) < 4.78 is 2.23. The summed E-state index contributed by atoms with van der Waals surface area (Å²) in [7, 11) is 0. The Balaban J connectivity index is 2.04. The molecule has 1 aromatic heterocycles. The van der Waals surface area contributed by atoms with Gasteiger partial charge in [-0.3, -0.25) is 4.57 Å². The molecule has 1 N–H and O–H groups in total. The highest BCUT2D eigenvalue weighted by Gasteiger charge is 2.16. The Bertz CT molecular complexity index is 598. The number of fused-ring (bicyclic) bond motifs is 1. The van der Waals surface area contributed by atoms with E-state index in [-0.39, 0.29) is 0 Å². The second kappa shape index (κ2) is 5.70. The molecule has 1 aliphatic rings. The van der Waals surface area contributed by atoms with E-state index >= 15 is 0 Å². The van der Waals surface area contributed by atoms with E-state index in [2.05, 4.69) is 53.1 Å². The molecule has 0 amide bonds. The van der Waals surface area contributed by atoms with E-state index in [1.807, 2.05) is 0 Å². The van der Waals surface area contributed by atoms with Gasteiger partial charge in [-0.15, -0.1) is 0 Å². The number of anilines is 1. The topological polar surface area (TPSA) is 29.9 Å². The van der Waals surface area contributed by atoms with Crippen molar-refractivity contribution in [3.05, 3.63) is 41.2 Å². The molecule has 0 atom stereocenters. The molecule has 3 rings (SSSR count). The van der Waals surface area contributed by atoms with Gasteiger partial charge in [-0.2, -0.15) is 0 Å². The van der Waals surface area contributed by atoms with Crippen molar-refractivity contribution in [2.75, 3.05) is 11.9 Å². The Morgan fingerprint density at radius 1 is 1.25 bits per heavy atom. The Hall–Kier alpha value is -1.77. The van der Waals surface area contributed by atoms with Crippen molar-refractivity contribution < 1.29 is 0 Å². The average Bonchev–Trinajstić information content (AvgIpc) is 2.85. The van der Waals surface area contributed by atoms with E-state index in [0.29, 0.717) is 0 Å². The Kier molecular flexibility index (Phi) is 3.77. The molecule has 1 aliphatic carbocycles. The first kappa shape index (κ1) is 13.2. The largest absolute Gasteiger partial charge is 0.355 e. The number of benzene rings is 1. The van der Waals surface area contributed by atoms with Gasteiger partial charge in [0.25, 0.3) is 0 Å². The molecule has 2 aromatic rings. The van der Waals surface area contributed by atoms with Crippen molar-refractivity contribution in [3.8, 4) is 5.69 Å². The first-order valence-corrected chi connectivity index (χ1v) is 7.70. The summed E-state index contributed by atoms with van der Waals surface area (Å²) in [4.78, 5) is 4.63. The van der Waals surface area contributed by atoms with Gasteiger partial charge in [0, 0.05) is 12.7 Å². The third kappa shape index (κ3) is 2.45. The van der Waals surface area contributed by atoms with Gasteiger partial charge in [0.2, 0.25) is 5.95 Å². The van der Waals surface area contributed by atoms with Gasteiger partial charge >= 0.3 is 0 Å². The van der Waals surface area contributed by atoms with Crippen LogP contribution in [-0.4, -0.2) is 16.1 Å². The molecule has 3 nitrogen and oxygen atoms in total. The van der Waals surface area contributed by atoms with Crippen molar-refractivity contribution in [3.63, 3.8) is 0 Å². The normalized spacial score (nSPS) is 14.1. The SMILES string of the molecule is CCCNc1nc(C)cn1-c1cccc2c1CCCC2. The van der Waals surface area contributed by atoms with Crippen molar-refractivity contribution in [1.29, 1.82) is 0 Å². The Morgan fingerprint density at radius 2 is 2.10 bits per heavy atom. The van der Waals surface area contributed by atoms with Crippen LogP contribution in [0, 0.1) is 6.92 Å². The Morgan fingerprint density at radius 3 is 2.95 bits per heavy atom. The quantitative estimate of drug-likeness (QED) is 0.912. The molecule has 0 bridgehead atoms. The van der Waals surface area contributed by atoms with E-state index in [1.165, 1.54) is 42.5 Å². The van der Waals surface area contributed by atoms with E-state index in [4.69, 9.17) is 0 Å². The predicted octanol–water partition coefficient (Wildman–Crippen LogP) is 3.88. The summed E-state index contributed by atoms with van der Waals surface area (Å²) in [6, 6.07) is 6.68. The number of hydrogen-bond acceptors (Lipinski definition) is 2.